The van der Waals surface area contributed by atoms with Crippen molar-refractivity contribution >= 4 is 23.0 Å². The summed E-state index contributed by atoms with van der Waals surface area (Å²) in [6.45, 7) is 1.77. The van der Waals surface area contributed by atoms with Gasteiger partial charge in [0.05, 0.1) is 23.4 Å². The second kappa shape index (κ2) is 6.87. The molecular formula is C18H16N4O2. The number of hydrogen-bond donors (Lipinski definition) is 1. The fourth-order valence-electron chi connectivity index (χ4n) is 2.29. The molecule has 3 rings (SSSR count). The SMILES string of the molecule is Cc1ccc2ncn(CC(=O)N/N=C/c3ccccc3)c(=O)c2c1. The summed E-state index contributed by atoms with van der Waals surface area (Å²) >= 11 is 0. The number of aryl methyl sites for hydroxylation is 1. The average molecular weight is 320 g/mol. The molecule has 3 aromatic rings. The van der Waals surface area contributed by atoms with E-state index in [9.17, 15) is 9.59 Å². The zero-order valence-electron chi connectivity index (χ0n) is 13.1. The molecule has 0 fully saturated rings. The van der Waals surface area contributed by atoms with Gasteiger partial charge in [0.15, 0.2) is 0 Å². The number of amides is 1. The van der Waals surface area contributed by atoms with Gasteiger partial charge in [0.1, 0.15) is 6.54 Å². The van der Waals surface area contributed by atoms with Gasteiger partial charge in [-0.25, -0.2) is 10.4 Å². The van der Waals surface area contributed by atoms with Gasteiger partial charge in [-0.3, -0.25) is 14.2 Å². The summed E-state index contributed by atoms with van der Waals surface area (Å²) in [5.74, 6) is -0.391. The van der Waals surface area contributed by atoms with Gasteiger partial charge >= 0.3 is 0 Å². The van der Waals surface area contributed by atoms with E-state index in [0.717, 1.165) is 11.1 Å². The number of carbonyl (C=O) groups excluding carboxylic acids is 1. The molecule has 1 amide bonds. The van der Waals surface area contributed by atoms with Crippen LogP contribution in [0.1, 0.15) is 11.1 Å². The Bertz CT molecular complexity index is 962. The quantitative estimate of drug-likeness (QED) is 0.589. The molecule has 0 atom stereocenters. The van der Waals surface area contributed by atoms with Crippen molar-refractivity contribution in [1.82, 2.24) is 15.0 Å². The molecule has 0 spiro atoms. The number of nitrogens with zero attached hydrogens (tertiary/aromatic N) is 3. The maximum atomic E-state index is 12.4. The largest absolute Gasteiger partial charge is 0.289 e. The molecule has 0 aliphatic heterocycles. The Morgan fingerprint density at radius 1 is 1.25 bits per heavy atom. The molecule has 120 valence electrons. The molecule has 1 heterocycles. The Morgan fingerprint density at radius 3 is 2.83 bits per heavy atom. The van der Waals surface area contributed by atoms with Gasteiger partial charge in [-0.05, 0) is 24.6 Å². The number of hydrazone groups is 1. The summed E-state index contributed by atoms with van der Waals surface area (Å²) in [7, 11) is 0. The van der Waals surface area contributed by atoms with Gasteiger partial charge in [-0.1, -0.05) is 42.0 Å². The van der Waals surface area contributed by atoms with E-state index >= 15 is 0 Å². The van der Waals surface area contributed by atoms with Crippen LogP contribution in [0.3, 0.4) is 0 Å². The van der Waals surface area contributed by atoms with Crippen molar-refractivity contribution in [3.05, 3.63) is 76.3 Å². The molecule has 0 unspecified atom stereocenters. The van der Waals surface area contributed by atoms with Crippen LogP contribution >= 0.6 is 0 Å². The maximum absolute atomic E-state index is 12.4. The van der Waals surface area contributed by atoms with Gasteiger partial charge in [0.25, 0.3) is 11.5 Å². The summed E-state index contributed by atoms with van der Waals surface area (Å²) in [6, 6.07) is 14.9. The lowest BCUT2D eigenvalue weighted by molar-refractivity contribution is -0.121. The van der Waals surface area contributed by atoms with E-state index < -0.39 is 5.91 Å². The smallest absolute Gasteiger partial charge is 0.261 e. The van der Waals surface area contributed by atoms with Gasteiger partial charge in [-0.2, -0.15) is 5.10 Å². The highest BCUT2D eigenvalue weighted by Crippen LogP contribution is 2.08. The third kappa shape index (κ3) is 3.55. The fraction of sp³-hybridized carbons (Fsp3) is 0.111. The van der Waals surface area contributed by atoms with E-state index in [4.69, 9.17) is 0 Å². The van der Waals surface area contributed by atoms with Crippen molar-refractivity contribution in [3.63, 3.8) is 0 Å². The van der Waals surface area contributed by atoms with E-state index in [1.807, 2.05) is 43.3 Å². The van der Waals surface area contributed by atoms with Gasteiger partial charge in [0.2, 0.25) is 0 Å². The van der Waals surface area contributed by atoms with Gasteiger partial charge < -0.3 is 0 Å². The topological polar surface area (TPSA) is 76.3 Å². The van der Waals surface area contributed by atoms with E-state index in [2.05, 4.69) is 15.5 Å². The third-order valence-corrected chi connectivity index (χ3v) is 3.50. The Hall–Kier alpha value is -3.28. The predicted octanol–water partition coefficient (Wildman–Crippen LogP) is 1.86. The standard InChI is InChI=1S/C18H16N4O2/c1-13-7-8-16-15(9-13)18(24)22(12-19-16)11-17(23)21-20-10-14-5-3-2-4-6-14/h2-10,12H,11H2,1H3,(H,21,23)/b20-10+. The Morgan fingerprint density at radius 2 is 2.04 bits per heavy atom. The van der Waals surface area contributed by atoms with Crippen LogP contribution < -0.4 is 11.0 Å². The highest BCUT2D eigenvalue weighted by atomic mass is 16.2. The first-order valence-corrected chi connectivity index (χ1v) is 7.46. The molecule has 0 aliphatic rings. The van der Waals surface area contributed by atoms with E-state index in [1.165, 1.54) is 10.9 Å². The molecule has 6 heteroatoms. The zero-order valence-corrected chi connectivity index (χ0v) is 13.1. The monoisotopic (exact) mass is 320 g/mol. The normalized spacial score (nSPS) is 11.0. The molecule has 2 aromatic carbocycles. The first-order chi connectivity index (χ1) is 11.6. The van der Waals surface area contributed by atoms with Crippen molar-refractivity contribution in [3.8, 4) is 0 Å². The van der Waals surface area contributed by atoms with Crippen LogP contribution in [0.2, 0.25) is 0 Å². The van der Waals surface area contributed by atoms with Crippen LogP contribution in [0.4, 0.5) is 0 Å². The van der Waals surface area contributed by atoms with Crippen molar-refractivity contribution in [2.45, 2.75) is 13.5 Å². The van der Waals surface area contributed by atoms with Crippen LogP contribution in [-0.2, 0) is 11.3 Å². The number of rotatable bonds is 4. The molecule has 0 aliphatic carbocycles. The first kappa shape index (κ1) is 15.6. The first-order valence-electron chi connectivity index (χ1n) is 7.46. The van der Waals surface area contributed by atoms with Crippen LogP contribution in [-0.4, -0.2) is 21.7 Å². The van der Waals surface area contributed by atoms with E-state index in [1.54, 1.807) is 18.3 Å². The summed E-state index contributed by atoms with van der Waals surface area (Å²) in [4.78, 5) is 28.6. The van der Waals surface area contributed by atoms with E-state index in [-0.39, 0.29) is 12.1 Å². The third-order valence-electron chi connectivity index (χ3n) is 3.50. The van der Waals surface area contributed by atoms with Crippen molar-refractivity contribution in [2.75, 3.05) is 0 Å². The summed E-state index contributed by atoms with van der Waals surface area (Å²) in [5, 5.41) is 4.38. The van der Waals surface area contributed by atoms with Crippen molar-refractivity contribution in [1.29, 1.82) is 0 Å². The lowest BCUT2D eigenvalue weighted by Gasteiger charge is -2.06. The van der Waals surface area contributed by atoms with Crippen molar-refractivity contribution < 1.29 is 4.79 Å². The Balaban J connectivity index is 1.73. The fourth-order valence-corrected chi connectivity index (χ4v) is 2.29. The maximum Gasteiger partial charge on any atom is 0.261 e. The van der Waals surface area contributed by atoms with E-state index in [0.29, 0.717) is 10.9 Å². The molecule has 0 radical (unpaired) electrons. The number of hydrogen-bond acceptors (Lipinski definition) is 4. The van der Waals surface area contributed by atoms with Crippen LogP contribution in [0.15, 0.2) is 64.8 Å². The molecule has 0 saturated carbocycles. The lowest BCUT2D eigenvalue weighted by Crippen LogP contribution is -2.30. The number of benzene rings is 2. The number of carbonyl (C=O) groups is 1. The molecular weight excluding hydrogens is 304 g/mol. The zero-order chi connectivity index (χ0) is 16.9. The lowest BCUT2D eigenvalue weighted by atomic mass is 10.2. The minimum Gasteiger partial charge on any atom is -0.289 e. The minimum absolute atomic E-state index is 0.137. The second-order valence-electron chi connectivity index (χ2n) is 5.40. The number of fused-ring (bicyclic) bond motifs is 1. The Labute approximate surface area is 138 Å². The molecule has 1 N–H and O–H groups in total. The van der Waals surface area contributed by atoms with Crippen LogP contribution in [0, 0.1) is 6.92 Å². The van der Waals surface area contributed by atoms with Gasteiger partial charge in [0, 0.05) is 0 Å². The summed E-state index contributed by atoms with van der Waals surface area (Å²) < 4.78 is 1.27. The highest BCUT2D eigenvalue weighted by Gasteiger charge is 2.07. The molecule has 1 aromatic heterocycles. The highest BCUT2D eigenvalue weighted by molar-refractivity contribution is 5.82. The van der Waals surface area contributed by atoms with Crippen LogP contribution in [0.25, 0.3) is 10.9 Å². The summed E-state index contributed by atoms with van der Waals surface area (Å²) in [5.41, 5.74) is 4.62. The van der Waals surface area contributed by atoms with Gasteiger partial charge in [-0.15, -0.1) is 0 Å². The number of aromatic nitrogens is 2. The van der Waals surface area contributed by atoms with Crippen LogP contribution in [0.5, 0.6) is 0 Å². The molecule has 6 nitrogen and oxygen atoms in total. The van der Waals surface area contributed by atoms with Crippen molar-refractivity contribution in [2.24, 2.45) is 5.10 Å². The number of nitrogens with one attached hydrogen (secondary N) is 1. The average Bonchev–Trinajstić information content (AvgIpc) is 2.59. The second-order valence-corrected chi connectivity index (χ2v) is 5.40. The Kier molecular flexibility index (Phi) is 4.47. The molecule has 0 saturated heterocycles. The molecule has 24 heavy (non-hydrogen) atoms. The summed E-state index contributed by atoms with van der Waals surface area (Å²) in [6.07, 6.45) is 2.92. The molecule has 0 bridgehead atoms. The predicted molar refractivity (Wildman–Crippen MR) is 92.9 cm³/mol. The minimum atomic E-state index is -0.391.